The molecule has 4 rings (SSSR count). The van der Waals surface area contributed by atoms with E-state index in [-0.39, 0.29) is 23.4 Å². The van der Waals surface area contributed by atoms with Crippen molar-refractivity contribution in [2.24, 2.45) is 5.73 Å². The smallest absolute Gasteiger partial charge is 0.326 e. The second kappa shape index (κ2) is 8.72. The monoisotopic (exact) mass is 450 g/mol. The van der Waals surface area contributed by atoms with Crippen molar-refractivity contribution in [1.29, 1.82) is 0 Å². The van der Waals surface area contributed by atoms with E-state index in [0.717, 1.165) is 11.6 Å². The number of aromatic nitrogens is 4. The zero-order chi connectivity index (χ0) is 23.6. The van der Waals surface area contributed by atoms with E-state index in [9.17, 15) is 18.0 Å². The highest BCUT2D eigenvalue weighted by atomic mass is 19.4. The molecule has 33 heavy (non-hydrogen) atoms. The highest BCUT2D eigenvalue weighted by molar-refractivity contribution is 6.04. The Kier molecular flexibility index (Phi) is 5.81. The molecule has 2 heterocycles. The van der Waals surface area contributed by atoms with E-state index in [1.54, 1.807) is 18.2 Å². The Labute approximate surface area is 186 Å². The first kappa shape index (κ1) is 22.0. The number of amides is 1. The first-order chi connectivity index (χ1) is 15.7. The molecule has 0 unspecified atom stereocenters. The van der Waals surface area contributed by atoms with Gasteiger partial charge in [0.05, 0.1) is 18.0 Å². The first-order valence-corrected chi connectivity index (χ1v) is 9.75. The van der Waals surface area contributed by atoms with Gasteiger partial charge in [0, 0.05) is 23.4 Å². The van der Waals surface area contributed by atoms with Gasteiger partial charge in [0.2, 0.25) is 0 Å². The molecule has 166 valence electrons. The largest absolute Gasteiger partial charge is 0.416 e. The highest BCUT2D eigenvalue weighted by Gasteiger charge is 2.33. The molecule has 7 nitrogen and oxygen atoms in total. The molecule has 0 aliphatic carbocycles. The molecule has 0 fully saturated rings. The van der Waals surface area contributed by atoms with E-state index in [4.69, 9.17) is 5.73 Å². The van der Waals surface area contributed by atoms with Crippen LogP contribution >= 0.6 is 0 Å². The normalized spacial score (nSPS) is 11.2. The average Bonchev–Trinajstić information content (AvgIpc) is 3.26. The zero-order valence-corrected chi connectivity index (χ0v) is 17.3. The minimum atomic E-state index is -4.58. The molecule has 0 aliphatic rings. The summed E-state index contributed by atoms with van der Waals surface area (Å²) in [4.78, 5) is 21.2. The Morgan fingerprint density at radius 3 is 2.73 bits per heavy atom. The highest BCUT2D eigenvalue weighted by Crippen LogP contribution is 2.33. The van der Waals surface area contributed by atoms with Gasteiger partial charge in [0.25, 0.3) is 5.91 Å². The molecular weight excluding hydrogens is 433 g/mol. The summed E-state index contributed by atoms with van der Waals surface area (Å²) in [5.74, 6) is 5.30. The minimum Gasteiger partial charge on any atom is -0.326 e. The minimum absolute atomic E-state index is 0.0152. The number of benzene rings is 2. The van der Waals surface area contributed by atoms with Crippen molar-refractivity contribution >= 4 is 22.8 Å². The van der Waals surface area contributed by atoms with Gasteiger partial charge in [0.1, 0.15) is 11.2 Å². The maximum atomic E-state index is 13.3. The summed E-state index contributed by atoms with van der Waals surface area (Å²) < 4.78 is 39.8. The van der Waals surface area contributed by atoms with E-state index in [2.05, 4.69) is 37.3 Å². The van der Waals surface area contributed by atoms with Gasteiger partial charge in [-0.25, -0.2) is 9.97 Å². The van der Waals surface area contributed by atoms with Gasteiger partial charge in [-0.05, 0) is 48.2 Å². The summed E-state index contributed by atoms with van der Waals surface area (Å²) in [6, 6.07) is 8.37. The van der Waals surface area contributed by atoms with Gasteiger partial charge in [0.15, 0.2) is 5.65 Å². The zero-order valence-electron chi connectivity index (χ0n) is 17.3. The van der Waals surface area contributed by atoms with Crippen LogP contribution in [0.1, 0.15) is 38.3 Å². The third-order valence-corrected chi connectivity index (χ3v) is 4.87. The summed E-state index contributed by atoms with van der Waals surface area (Å²) in [6.45, 7) is 1.57. The number of carbonyl (C=O) groups excluding carboxylic acids is 1. The fraction of sp³-hybridized carbons (Fsp3) is 0.130. The molecular formula is C23H17F3N6O. The number of anilines is 1. The standard InChI is InChI=1S/C23H17F3N6O/c1-13-2-3-15(8-14(13)4-7-18-11-28-21-20(30-18)12-29-32-21)22(33)31-17-6-5-16(10-27)19(9-17)23(24,25)26/h2-3,5-6,8-9,11-12H,10,27H2,1H3,(H,31,33)(H,28,29,32). The van der Waals surface area contributed by atoms with Gasteiger partial charge >= 0.3 is 6.18 Å². The van der Waals surface area contributed by atoms with Crippen LogP contribution in [0.5, 0.6) is 0 Å². The van der Waals surface area contributed by atoms with Crippen LogP contribution in [0.3, 0.4) is 0 Å². The second-order valence-corrected chi connectivity index (χ2v) is 7.17. The van der Waals surface area contributed by atoms with E-state index in [0.29, 0.717) is 22.4 Å². The number of hydrogen-bond acceptors (Lipinski definition) is 5. The number of H-pyrrole nitrogens is 1. The van der Waals surface area contributed by atoms with Crippen molar-refractivity contribution < 1.29 is 18.0 Å². The summed E-state index contributed by atoms with van der Waals surface area (Å²) in [5.41, 5.74) is 7.68. The van der Waals surface area contributed by atoms with Crippen LogP contribution in [0.2, 0.25) is 0 Å². The number of halogens is 3. The van der Waals surface area contributed by atoms with Crippen molar-refractivity contribution in [2.45, 2.75) is 19.6 Å². The lowest BCUT2D eigenvalue weighted by atomic mass is 10.0. The Hall–Kier alpha value is -4.23. The third kappa shape index (κ3) is 4.83. The van der Waals surface area contributed by atoms with Crippen LogP contribution in [-0.2, 0) is 12.7 Å². The molecule has 2 aromatic carbocycles. The Morgan fingerprint density at radius 2 is 1.97 bits per heavy atom. The fourth-order valence-electron chi connectivity index (χ4n) is 3.12. The van der Waals surface area contributed by atoms with Crippen molar-refractivity contribution in [1.82, 2.24) is 20.2 Å². The van der Waals surface area contributed by atoms with Gasteiger partial charge < -0.3 is 11.1 Å². The Balaban J connectivity index is 1.58. The number of aromatic amines is 1. The number of alkyl halides is 3. The van der Waals surface area contributed by atoms with Crippen molar-refractivity contribution in [3.63, 3.8) is 0 Å². The van der Waals surface area contributed by atoms with Crippen LogP contribution in [0.4, 0.5) is 18.9 Å². The lowest BCUT2D eigenvalue weighted by Crippen LogP contribution is -2.15. The maximum absolute atomic E-state index is 13.3. The number of fused-ring (bicyclic) bond motifs is 1. The molecule has 0 atom stereocenters. The number of rotatable bonds is 3. The van der Waals surface area contributed by atoms with Crippen LogP contribution in [0.25, 0.3) is 11.2 Å². The number of hydrogen-bond donors (Lipinski definition) is 3. The molecule has 0 radical (unpaired) electrons. The molecule has 4 aromatic rings. The van der Waals surface area contributed by atoms with E-state index in [1.807, 2.05) is 6.92 Å². The number of nitrogens with one attached hydrogen (secondary N) is 2. The van der Waals surface area contributed by atoms with Crippen molar-refractivity contribution in [3.8, 4) is 11.8 Å². The molecule has 2 aromatic heterocycles. The van der Waals surface area contributed by atoms with E-state index in [1.165, 1.54) is 24.5 Å². The lowest BCUT2D eigenvalue weighted by Gasteiger charge is -2.14. The molecule has 0 saturated carbocycles. The Morgan fingerprint density at radius 1 is 1.15 bits per heavy atom. The molecule has 10 heteroatoms. The second-order valence-electron chi connectivity index (χ2n) is 7.17. The molecule has 0 aliphatic heterocycles. The van der Waals surface area contributed by atoms with E-state index < -0.39 is 17.6 Å². The number of aryl methyl sites for hydroxylation is 1. The number of carbonyl (C=O) groups is 1. The van der Waals surface area contributed by atoms with Crippen LogP contribution in [-0.4, -0.2) is 26.1 Å². The quantitative estimate of drug-likeness (QED) is 0.412. The predicted molar refractivity (Wildman–Crippen MR) is 116 cm³/mol. The van der Waals surface area contributed by atoms with Crippen molar-refractivity contribution in [2.75, 3.05) is 5.32 Å². The van der Waals surface area contributed by atoms with Crippen LogP contribution in [0, 0.1) is 18.8 Å². The summed E-state index contributed by atoms with van der Waals surface area (Å²) in [5, 5.41) is 9.06. The van der Waals surface area contributed by atoms with Gasteiger partial charge in [-0.1, -0.05) is 18.1 Å². The maximum Gasteiger partial charge on any atom is 0.416 e. The summed E-state index contributed by atoms with van der Waals surface area (Å²) in [6.07, 6.45) is -1.54. The fourth-order valence-corrected chi connectivity index (χ4v) is 3.12. The summed E-state index contributed by atoms with van der Waals surface area (Å²) >= 11 is 0. The van der Waals surface area contributed by atoms with Gasteiger partial charge in [-0.3, -0.25) is 9.89 Å². The average molecular weight is 450 g/mol. The molecule has 4 N–H and O–H groups in total. The van der Waals surface area contributed by atoms with Gasteiger partial charge in [-0.2, -0.15) is 18.3 Å². The molecule has 0 spiro atoms. The topological polar surface area (TPSA) is 110 Å². The van der Waals surface area contributed by atoms with Crippen molar-refractivity contribution in [3.05, 3.63) is 82.3 Å². The summed E-state index contributed by atoms with van der Waals surface area (Å²) in [7, 11) is 0. The van der Waals surface area contributed by atoms with E-state index >= 15 is 0 Å². The van der Waals surface area contributed by atoms with Crippen LogP contribution in [0.15, 0.2) is 48.8 Å². The van der Waals surface area contributed by atoms with Gasteiger partial charge in [-0.15, -0.1) is 0 Å². The predicted octanol–water partition coefficient (Wildman–Crippen LogP) is 3.79. The number of nitrogens with two attached hydrogens (primary N) is 1. The Bertz CT molecular complexity index is 1420. The molecule has 0 bridgehead atoms. The third-order valence-electron chi connectivity index (χ3n) is 4.87. The molecule has 1 amide bonds. The first-order valence-electron chi connectivity index (χ1n) is 9.75. The SMILES string of the molecule is Cc1ccc(C(=O)Nc2ccc(CN)c(C(F)(F)F)c2)cc1C#Cc1cnc2[nH]ncc2n1. The van der Waals surface area contributed by atoms with Crippen LogP contribution < -0.4 is 11.1 Å². The molecule has 0 saturated heterocycles. The lowest BCUT2D eigenvalue weighted by molar-refractivity contribution is -0.138. The number of nitrogens with zero attached hydrogens (tertiary/aromatic N) is 3.